The van der Waals surface area contributed by atoms with Crippen molar-refractivity contribution in [2.75, 3.05) is 5.32 Å². The van der Waals surface area contributed by atoms with Gasteiger partial charge in [-0.15, -0.1) is 0 Å². The van der Waals surface area contributed by atoms with Gasteiger partial charge in [-0.2, -0.15) is 5.10 Å². The summed E-state index contributed by atoms with van der Waals surface area (Å²) in [6.45, 7) is 13.1. The molecule has 2 aromatic heterocycles. The van der Waals surface area contributed by atoms with Crippen LogP contribution in [0.4, 0.5) is 14.9 Å². The highest BCUT2D eigenvalue weighted by Crippen LogP contribution is 2.42. The lowest BCUT2D eigenvalue weighted by molar-refractivity contribution is 0.0523. The summed E-state index contributed by atoms with van der Waals surface area (Å²) >= 11 is 0. The highest BCUT2D eigenvalue weighted by atomic mass is 32.2. The fourth-order valence-electron chi connectivity index (χ4n) is 5.60. The van der Waals surface area contributed by atoms with E-state index < -0.39 is 44.7 Å². The van der Waals surface area contributed by atoms with Crippen LogP contribution in [0.3, 0.4) is 0 Å². The number of anilines is 1. The number of nitrogens with one attached hydrogen (secondary N) is 3. The van der Waals surface area contributed by atoms with Crippen LogP contribution in [0.15, 0.2) is 73.1 Å². The number of hydrogen-bond donors (Lipinski definition) is 3. The van der Waals surface area contributed by atoms with E-state index in [2.05, 4.69) is 25.4 Å². The topological polar surface area (TPSA) is 127 Å². The third-order valence-corrected chi connectivity index (χ3v) is 10.0. The van der Waals surface area contributed by atoms with E-state index in [1.54, 1.807) is 70.4 Å². The molecule has 266 valence electrons. The van der Waals surface area contributed by atoms with Crippen molar-refractivity contribution in [3.63, 3.8) is 0 Å². The first-order chi connectivity index (χ1) is 23.5. The summed E-state index contributed by atoms with van der Waals surface area (Å²) < 4.78 is 39.0. The van der Waals surface area contributed by atoms with E-state index in [-0.39, 0.29) is 17.9 Å². The molecule has 50 heavy (non-hydrogen) atoms. The Morgan fingerprint density at radius 2 is 1.76 bits per heavy atom. The number of pyridine rings is 1. The number of ether oxygens (including phenoxy) is 1. The minimum atomic E-state index is -1.49. The molecular formula is C38H47FN6O4S. The van der Waals surface area contributed by atoms with Gasteiger partial charge in [0.2, 0.25) is 0 Å². The first-order valence-corrected chi connectivity index (χ1v) is 18.0. The fraction of sp³-hybridized carbons (Fsp3) is 0.421. The number of alkyl carbamates (subject to hydrolysis) is 1. The number of nitrogens with zero attached hydrogens (tertiary/aromatic N) is 3. The van der Waals surface area contributed by atoms with Crippen LogP contribution in [0.2, 0.25) is 0 Å². The lowest BCUT2D eigenvalue weighted by Crippen LogP contribution is -2.49. The van der Waals surface area contributed by atoms with Gasteiger partial charge in [-0.25, -0.2) is 22.8 Å². The van der Waals surface area contributed by atoms with Crippen LogP contribution in [0.25, 0.3) is 5.69 Å². The summed E-state index contributed by atoms with van der Waals surface area (Å²) in [4.78, 5) is 30.5. The van der Waals surface area contributed by atoms with Gasteiger partial charge in [0.25, 0.3) is 5.91 Å². The van der Waals surface area contributed by atoms with E-state index in [1.165, 1.54) is 10.7 Å². The molecule has 1 saturated carbocycles. The number of carbonyl (C=O) groups excluding carboxylic acids is 2. The maximum absolute atomic E-state index is 15.6. The third kappa shape index (κ3) is 9.22. The summed E-state index contributed by atoms with van der Waals surface area (Å²) in [6.07, 6.45) is 6.67. The summed E-state index contributed by atoms with van der Waals surface area (Å²) in [5.41, 5.74) is 2.00. The van der Waals surface area contributed by atoms with Gasteiger partial charge in [-0.05, 0) is 120 Å². The molecule has 1 unspecified atom stereocenters. The largest absolute Gasteiger partial charge is 0.444 e. The second kappa shape index (κ2) is 14.8. The molecular weight excluding hydrogens is 656 g/mol. The predicted molar refractivity (Wildman–Crippen MR) is 194 cm³/mol. The number of aryl methyl sites for hydroxylation is 1. The van der Waals surface area contributed by atoms with Gasteiger partial charge in [-0.3, -0.25) is 9.78 Å². The first-order valence-electron chi connectivity index (χ1n) is 16.9. The smallest absolute Gasteiger partial charge is 0.407 e. The van der Waals surface area contributed by atoms with Crippen molar-refractivity contribution < 1.29 is 22.9 Å². The summed E-state index contributed by atoms with van der Waals surface area (Å²) in [6, 6.07) is 17.3. The summed E-state index contributed by atoms with van der Waals surface area (Å²) in [5.74, 6) is -0.597. The average molecular weight is 703 g/mol. The van der Waals surface area contributed by atoms with Crippen molar-refractivity contribution in [2.45, 2.75) is 96.6 Å². The molecule has 2 heterocycles. The lowest BCUT2D eigenvalue weighted by Gasteiger charge is -2.38. The molecule has 2 aromatic carbocycles. The molecule has 2 amide bonds. The van der Waals surface area contributed by atoms with E-state index in [0.717, 1.165) is 30.4 Å². The molecule has 12 heteroatoms. The molecule has 0 saturated heterocycles. The van der Waals surface area contributed by atoms with Gasteiger partial charge in [-0.1, -0.05) is 37.1 Å². The van der Waals surface area contributed by atoms with Gasteiger partial charge in [0.1, 0.15) is 17.1 Å². The van der Waals surface area contributed by atoms with Crippen LogP contribution in [0.1, 0.15) is 100 Å². The zero-order chi connectivity index (χ0) is 36.3. The van der Waals surface area contributed by atoms with Crippen molar-refractivity contribution in [1.29, 1.82) is 0 Å². The molecule has 0 bridgehead atoms. The van der Waals surface area contributed by atoms with Gasteiger partial charge in [0, 0.05) is 18.9 Å². The molecule has 3 N–H and O–H groups in total. The SMILES string of the molecule is Cc1cc(C(=O)Nc2cc(C(CCC3CC3)(N[S@](=O)C(C)(C)C)c3cccnc3)ccc2F)n(-c2cccc(CNC(=O)OC(C)(C)C)c2)n1. The second-order valence-electron chi connectivity index (χ2n) is 14.9. The summed E-state index contributed by atoms with van der Waals surface area (Å²) in [5, 5.41) is 10.1. The Bertz CT molecular complexity index is 1860. The molecule has 1 fully saturated rings. The Labute approximate surface area is 296 Å². The number of amides is 2. The number of carbonyl (C=O) groups is 2. The zero-order valence-corrected chi connectivity index (χ0v) is 30.6. The lowest BCUT2D eigenvalue weighted by atomic mass is 9.80. The highest BCUT2D eigenvalue weighted by molar-refractivity contribution is 7.84. The van der Waals surface area contributed by atoms with E-state index >= 15 is 4.39 Å². The number of benzene rings is 2. The minimum Gasteiger partial charge on any atom is -0.444 e. The van der Waals surface area contributed by atoms with Crippen LogP contribution in [-0.4, -0.2) is 41.3 Å². The van der Waals surface area contributed by atoms with Crippen molar-refractivity contribution >= 4 is 28.7 Å². The van der Waals surface area contributed by atoms with Crippen molar-refractivity contribution in [3.8, 4) is 5.69 Å². The van der Waals surface area contributed by atoms with Crippen LogP contribution < -0.4 is 15.4 Å². The fourth-order valence-corrected chi connectivity index (χ4v) is 6.56. The molecule has 0 spiro atoms. The Balaban J connectivity index is 1.46. The maximum Gasteiger partial charge on any atom is 0.407 e. The molecule has 2 atom stereocenters. The number of rotatable bonds is 12. The Morgan fingerprint density at radius 3 is 2.42 bits per heavy atom. The van der Waals surface area contributed by atoms with E-state index in [1.807, 2.05) is 45.0 Å². The minimum absolute atomic E-state index is 0.0174. The Morgan fingerprint density at radius 1 is 1.00 bits per heavy atom. The van der Waals surface area contributed by atoms with Crippen molar-refractivity contribution in [2.24, 2.45) is 5.92 Å². The molecule has 1 aliphatic rings. The number of aromatic nitrogens is 3. The van der Waals surface area contributed by atoms with Gasteiger partial charge < -0.3 is 15.4 Å². The van der Waals surface area contributed by atoms with E-state index in [9.17, 15) is 13.8 Å². The third-order valence-electron chi connectivity index (χ3n) is 8.36. The normalized spacial score (nSPS) is 15.2. The van der Waals surface area contributed by atoms with Crippen LogP contribution in [0.5, 0.6) is 0 Å². The quantitative estimate of drug-likeness (QED) is 0.141. The zero-order valence-electron chi connectivity index (χ0n) is 29.8. The molecule has 0 aliphatic heterocycles. The molecule has 5 rings (SSSR count). The average Bonchev–Trinajstić information content (AvgIpc) is 3.80. The molecule has 10 nitrogen and oxygen atoms in total. The molecule has 0 radical (unpaired) electrons. The van der Waals surface area contributed by atoms with Crippen molar-refractivity contribution in [1.82, 2.24) is 24.8 Å². The number of hydrogen-bond acceptors (Lipinski definition) is 6. The predicted octanol–water partition coefficient (Wildman–Crippen LogP) is 7.48. The van der Waals surface area contributed by atoms with Crippen LogP contribution in [-0.2, 0) is 27.8 Å². The standard InChI is InChI=1S/C38H47FN6O4S/c1-25-20-33(45(43-25)30-12-8-10-27(21-30)23-41-35(47)49-36(2,3)4)34(46)42-32-22-28(15-16-31(32)39)38(18-17-26-13-14-26,29-11-9-19-40-24-29)44-50(48)37(5,6)7/h8-12,15-16,19-22,24,26,44H,13-14,17-18,23H2,1-7H3,(H,41,47)(H,42,46)/t38?,50-/m1/s1. The van der Waals surface area contributed by atoms with Crippen LogP contribution in [0, 0.1) is 18.7 Å². The van der Waals surface area contributed by atoms with Crippen LogP contribution >= 0.6 is 0 Å². The second-order valence-corrected chi connectivity index (χ2v) is 16.8. The molecule has 4 aromatic rings. The van der Waals surface area contributed by atoms with Gasteiger partial charge >= 0.3 is 6.09 Å². The Kier molecular flexibility index (Phi) is 10.9. The highest BCUT2D eigenvalue weighted by Gasteiger charge is 2.40. The van der Waals surface area contributed by atoms with Gasteiger partial charge in [0.05, 0.1) is 38.3 Å². The van der Waals surface area contributed by atoms with Gasteiger partial charge in [0.15, 0.2) is 0 Å². The monoisotopic (exact) mass is 702 g/mol. The van der Waals surface area contributed by atoms with E-state index in [4.69, 9.17) is 4.74 Å². The Hall–Kier alpha value is -4.42. The number of halogens is 1. The maximum atomic E-state index is 15.6. The van der Waals surface area contributed by atoms with E-state index in [0.29, 0.717) is 29.3 Å². The summed E-state index contributed by atoms with van der Waals surface area (Å²) in [7, 11) is -1.49. The first kappa shape index (κ1) is 36.9. The van der Waals surface area contributed by atoms with Crippen molar-refractivity contribution in [3.05, 3.63) is 107 Å². The molecule has 1 aliphatic carbocycles.